The molecule has 1 fully saturated rings. The van der Waals surface area contributed by atoms with Gasteiger partial charge < -0.3 is 15.2 Å². The van der Waals surface area contributed by atoms with E-state index in [0.717, 1.165) is 18.4 Å². The number of amides is 1. The van der Waals surface area contributed by atoms with Crippen LogP contribution in [0.1, 0.15) is 38.2 Å². The Labute approximate surface area is 113 Å². The highest BCUT2D eigenvalue weighted by molar-refractivity contribution is 5.97. The number of hydrogen-bond acceptors (Lipinski definition) is 3. The van der Waals surface area contributed by atoms with Crippen LogP contribution in [0.2, 0.25) is 0 Å². The van der Waals surface area contributed by atoms with E-state index in [-0.39, 0.29) is 5.91 Å². The molecule has 0 atom stereocenters. The topological polar surface area (TPSA) is 58.6 Å². The van der Waals surface area contributed by atoms with E-state index in [0.29, 0.717) is 31.7 Å². The molecular weight excluding hydrogens is 242 g/mol. The Balaban J connectivity index is 1.93. The number of nitrogens with one attached hydrogen (secondary N) is 1. The van der Waals surface area contributed by atoms with Crippen LogP contribution < -0.4 is 5.32 Å². The summed E-state index contributed by atoms with van der Waals surface area (Å²) in [6.45, 7) is 3.22. The van der Waals surface area contributed by atoms with Crippen LogP contribution in [-0.2, 0) is 16.1 Å². The molecule has 2 N–H and O–H groups in total. The first-order valence-corrected chi connectivity index (χ1v) is 6.84. The van der Waals surface area contributed by atoms with Gasteiger partial charge >= 0.3 is 0 Å². The standard InChI is InChI=1S/C15H21NO3/c1-2-19-11-12-5-7-13(8-6-12)16-14(17)15(18)9-3-4-10-15/h5-8,18H,2-4,9-11H2,1H3,(H,16,17). The molecule has 19 heavy (non-hydrogen) atoms. The van der Waals surface area contributed by atoms with Gasteiger partial charge in [0.15, 0.2) is 0 Å². The summed E-state index contributed by atoms with van der Waals surface area (Å²) >= 11 is 0. The van der Waals surface area contributed by atoms with Crippen molar-refractivity contribution in [1.29, 1.82) is 0 Å². The summed E-state index contributed by atoms with van der Waals surface area (Å²) in [6.07, 6.45) is 2.94. The van der Waals surface area contributed by atoms with Gasteiger partial charge in [-0.1, -0.05) is 12.1 Å². The largest absolute Gasteiger partial charge is 0.380 e. The number of carbonyl (C=O) groups is 1. The third kappa shape index (κ3) is 3.55. The maximum Gasteiger partial charge on any atom is 0.256 e. The van der Waals surface area contributed by atoms with Gasteiger partial charge in [-0.25, -0.2) is 0 Å². The summed E-state index contributed by atoms with van der Waals surface area (Å²) in [5.41, 5.74) is 0.606. The average Bonchev–Trinajstić information content (AvgIpc) is 2.86. The first-order chi connectivity index (χ1) is 9.14. The molecular formula is C15H21NO3. The van der Waals surface area contributed by atoms with Crippen LogP contribution in [0, 0.1) is 0 Å². The summed E-state index contributed by atoms with van der Waals surface area (Å²) in [6, 6.07) is 7.52. The molecule has 0 radical (unpaired) electrons. The Morgan fingerprint density at radius 2 is 1.95 bits per heavy atom. The van der Waals surface area contributed by atoms with E-state index in [9.17, 15) is 9.90 Å². The van der Waals surface area contributed by atoms with Crippen LogP contribution in [-0.4, -0.2) is 23.2 Å². The second-order valence-corrected chi connectivity index (χ2v) is 5.03. The second-order valence-electron chi connectivity index (χ2n) is 5.03. The highest BCUT2D eigenvalue weighted by Crippen LogP contribution is 2.30. The molecule has 0 unspecified atom stereocenters. The highest BCUT2D eigenvalue weighted by Gasteiger charge is 2.38. The minimum atomic E-state index is -1.18. The fraction of sp³-hybridized carbons (Fsp3) is 0.533. The zero-order valence-electron chi connectivity index (χ0n) is 11.3. The van der Waals surface area contributed by atoms with Gasteiger partial charge in [-0.3, -0.25) is 4.79 Å². The SMILES string of the molecule is CCOCc1ccc(NC(=O)C2(O)CCCC2)cc1. The van der Waals surface area contributed by atoms with Crippen molar-refractivity contribution in [2.45, 2.75) is 44.8 Å². The Hall–Kier alpha value is -1.39. The number of rotatable bonds is 5. The smallest absolute Gasteiger partial charge is 0.256 e. The van der Waals surface area contributed by atoms with Crippen molar-refractivity contribution in [3.05, 3.63) is 29.8 Å². The monoisotopic (exact) mass is 263 g/mol. The molecule has 1 aliphatic rings. The molecule has 1 saturated carbocycles. The summed E-state index contributed by atoms with van der Waals surface area (Å²) in [5.74, 6) is -0.289. The minimum Gasteiger partial charge on any atom is -0.380 e. The zero-order valence-corrected chi connectivity index (χ0v) is 11.3. The number of anilines is 1. The number of benzene rings is 1. The lowest BCUT2D eigenvalue weighted by Crippen LogP contribution is -2.40. The molecule has 0 aliphatic heterocycles. The van der Waals surface area contributed by atoms with E-state index >= 15 is 0 Å². The molecule has 4 heteroatoms. The number of hydrogen-bond donors (Lipinski definition) is 2. The molecule has 1 aromatic rings. The van der Waals surface area contributed by atoms with Crippen LogP contribution >= 0.6 is 0 Å². The van der Waals surface area contributed by atoms with Gasteiger partial charge in [-0.2, -0.15) is 0 Å². The Kier molecular flexibility index (Phi) is 4.56. The molecule has 0 bridgehead atoms. The van der Waals surface area contributed by atoms with Gasteiger partial charge in [0.1, 0.15) is 5.60 Å². The van der Waals surface area contributed by atoms with Crippen molar-refractivity contribution >= 4 is 11.6 Å². The van der Waals surface area contributed by atoms with Gasteiger partial charge in [0.05, 0.1) is 6.61 Å². The molecule has 2 rings (SSSR count). The fourth-order valence-corrected chi connectivity index (χ4v) is 2.34. The van der Waals surface area contributed by atoms with Crippen LogP contribution in [0.5, 0.6) is 0 Å². The molecule has 1 amide bonds. The second kappa shape index (κ2) is 6.17. The lowest BCUT2D eigenvalue weighted by molar-refractivity contribution is -0.133. The number of aliphatic hydroxyl groups is 1. The van der Waals surface area contributed by atoms with Crippen molar-refractivity contribution in [2.24, 2.45) is 0 Å². The summed E-state index contributed by atoms with van der Waals surface area (Å²) in [5, 5.41) is 12.9. The third-order valence-corrected chi connectivity index (χ3v) is 3.54. The van der Waals surface area contributed by atoms with Gasteiger partial charge in [0.2, 0.25) is 0 Å². The van der Waals surface area contributed by atoms with Crippen LogP contribution in [0.15, 0.2) is 24.3 Å². The molecule has 0 aromatic heterocycles. The average molecular weight is 263 g/mol. The van der Waals surface area contributed by atoms with E-state index in [1.807, 2.05) is 31.2 Å². The summed E-state index contributed by atoms with van der Waals surface area (Å²) in [4.78, 5) is 12.0. The van der Waals surface area contributed by atoms with Gasteiger partial charge in [0.25, 0.3) is 5.91 Å². The normalized spacial score (nSPS) is 17.4. The van der Waals surface area contributed by atoms with E-state index in [1.54, 1.807) is 0 Å². The Morgan fingerprint density at radius 3 is 2.53 bits per heavy atom. The van der Waals surface area contributed by atoms with Crippen molar-refractivity contribution < 1.29 is 14.6 Å². The highest BCUT2D eigenvalue weighted by atomic mass is 16.5. The van der Waals surface area contributed by atoms with E-state index in [4.69, 9.17) is 4.74 Å². The molecule has 104 valence electrons. The molecule has 0 heterocycles. The zero-order chi connectivity index (χ0) is 13.7. The van der Waals surface area contributed by atoms with Gasteiger partial charge in [0, 0.05) is 12.3 Å². The van der Waals surface area contributed by atoms with Crippen molar-refractivity contribution in [1.82, 2.24) is 0 Å². The minimum absolute atomic E-state index is 0.289. The molecule has 0 saturated heterocycles. The van der Waals surface area contributed by atoms with E-state index in [1.165, 1.54) is 0 Å². The van der Waals surface area contributed by atoms with Crippen LogP contribution in [0.4, 0.5) is 5.69 Å². The maximum atomic E-state index is 12.0. The Morgan fingerprint density at radius 1 is 1.32 bits per heavy atom. The quantitative estimate of drug-likeness (QED) is 0.858. The van der Waals surface area contributed by atoms with Crippen LogP contribution in [0.3, 0.4) is 0 Å². The van der Waals surface area contributed by atoms with Gasteiger partial charge in [-0.05, 0) is 50.3 Å². The first kappa shape index (κ1) is 14.0. The predicted molar refractivity (Wildman–Crippen MR) is 73.8 cm³/mol. The number of ether oxygens (including phenoxy) is 1. The molecule has 4 nitrogen and oxygen atoms in total. The summed E-state index contributed by atoms with van der Waals surface area (Å²) < 4.78 is 5.31. The molecule has 0 spiro atoms. The summed E-state index contributed by atoms with van der Waals surface area (Å²) in [7, 11) is 0. The molecule has 1 aromatic carbocycles. The van der Waals surface area contributed by atoms with Crippen molar-refractivity contribution in [2.75, 3.05) is 11.9 Å². The number of carbonyl (C=O) groups excluding carboxylic acids is 1. The van der Waals surface area contributed by atoms with Crippen LogP contribution in [0.25, 0.3) is 0 Å². The fourth-order valence-electron chi connectivity index (χ4n) is 2.34. The van der Waals surface area contributed by atoms with Crippen molar-refractivity contribution in [3.63, 3.8) is 0 Å². The first-order valence-electron chi connectivity index (χ1n) is 6.84. The third-order valence-electron chi connectivity index (χ3n) is 3.54. The van der Waals surface area contributed by atoms with E-state index < -0.39 is 5.60 Å². The lowest BCUT2D eigenvalue weighted by atomic mass is 10.0. The van der Waals surface area contributed by atoms with Crippen molar-refractivity contribution in [3.8, 4) is 0 Å². The lowest BCUT2D eigenvalue weighted by Gasteiger charge is -2.21. The van der Waals surface area contributed by atoms with Gasteiger partial charge in [-0.15, -0.1) is 0 Å². The predicted octanol–water partition coefficient (Wildman–Crippen LogP) is 2.47. The maximum absolute atomic E-state index is 12.0. The molecule has 1 aliphatic carbocycles. The van der Waals surface area contributed by atoms with E-state index in [2.05, 4.69) is 5.32 Å². The Bertz CT molecular complexity index is 422.